The third-order valence-electron chi connectivity index (χ3n) is 3.45. The van der Waals surface area contributed by atoms with Crippen LogP contribution >= 0.6 is 11.3 Å². The van der Waals surface area contributed by atoms with E-state index in [0.717, 1.165) is 30.8 Å². The van der Waals surface area contributed by atoms with E-state index in [1.165, 1.54) is 16.1 Å². The van der Waals surface area contributed by atoms with Crippen LogP contribution in [-0.4, -0.2) is 16.7 Å². The zero-order chi connectivity index (χ0) is 13.4. The minimum atomic E-state index is 0.591. The Morgan fingerprint density at radius 2 is 2.30 bits per heavy atom. The van der Waals surface area contributed by atoms with Crippen LogP contribution in [0.2, 0.25) is 0 Å². The molecule has 100 valence electrons. The molecule has 0 unspecified atom stereocenters. The van der Waals surface area contributed by atoms with E-state index in [-0.39, 0.29) is 0 Å². The van der Waals surface area contributed by atoms with Gasteiger partial charge in [-0.2, -0.15) is 4.98 Å². The molecule has 0 amide bonds. The summed E-state index contributed by atoms with van der Waals surface area (Å²) in [5.74, 6) is 1.32. The number of fused-ring (bicyclic) bond motifs is 1. The smallest absolute Gasteiger partial charge is 0.258 e. The number of aromatic nitrogens is 2. The highest BCUT2D eigenvalue weighted by Crippen LogP contribution is 2.28. The molecule has 2 aromatic heterocycles. The van der Waals surface area contributed by atoms with Gasteiger partial charge in [0.05, 0.1) is 0 Å². The maximum Gasteiger partial charge on any atom is 0.258 e. The summed E-state index contributed by atoms with van der Waals surface area (Å²) in [5, 5.41) is 9.48. The first-order valence-electron chi connectivity index (χ1n) is 6.60. The van der Waals surface area contributed by atoms with Crippen LogP contribution in [0.5, 0.6) is 0 Å². The van der Waals surface area contributed by atoms with Gasteiger partial charge in [0.2, 0.25) is 0 Å². The number of anilines is 1. The molecule has 0 bridgehead atoms. The number of thiophene rings is 1. The molecule has 4 nitrogen and oxygen atoms in total. The van der Waals surface area contributed by atoms with Crippen molar-refractivity contribution in [1.29, 1.82) is 0 Å². The van der Waals surface area contributed by atoms with Gasteiger partial charge in [-0.1, -0.05) is 17.3 Å². The van der Waals surface area contributed by atoms with Gasteiger partial charge in [-0.25, -0.2) is 0 Å². The van der Waals surface area contributed by atoms with Gasteiger partial charge in [-0.3, -0.25) is 0 Å². The number of hydrogen-bond acceptors (Lipinski definition) is 5. The molecule has 1 aliphatic rings. The molecule has 20 heavy (non-hydrogen) atoms. The third kappa shape index (κ3) is 2.10. The van der Waals surface area contributed by atoms with E-state index >= 15 is 0 Å². The van der Waals surface area contributed by atoms with Crippen molar-refractivity contribution in [3.05, 3.63) is 52.0 Å². The fourth-order valence-electron chi connectivity index (χ4n) is 2.44. The zero-order valence-corrected chi connectivity index (χ0v) is 11.6. The first-order chi connectivity index (χ1) is 9.88. The maximum atomic E-state index is 5.37. The summed E-state index contributed by atoms with van der Waals surface area (Å²) in [7, 11) is 0. The highest BCUT2D eigenvalue weighted by atomic mass is 32.1. The summed E-state index contributed by atoms with van der Waals surface area (Å²) in [6, 6.07) is 10.4. The van der Waals surface area contributed by atoms with Crippen LogP contribution in [0.4, 0.5) is 5.69 Å². The largest absolute Gasteiger partial charge is 0.384 e. The molecule has 0 radical (unpaired) electrons. The number of benzene rings is 1. The average Bonchev–Trinajstić information content (AvgIpc) is 3.19. The van der Waals surface area contributed by atoms with Crippen molar-refractivity contribution in [2.24, 2.45) is 0 Å². The monoisotopic (exact) mass is 283 g/mol. The lowest BCUT2D eigenvalue weighted by molar-refractivity contribution is 0.424. The van der Waals surface area contributed by atoms with E-state index in [1.54, 1.807) is 11.3 Å². The van der Waals surface area contributed by atoms with Crippen LogP contribution in [-0.2, 0) is 12.8 Å². The summed E-state index contributed by atoms with van der Waals surface area (Å²) in [6.07, 6.45) is 1.81. The molecule has 5 heteroatoms. The Morgan fingerprint density at radius 1 is 1.30 bits per heavy atom. The molecular weight excluding hydrogens is 270 g/mol. The molecule has 1 aromatic carbocycles. The van der Waals surface area contributed by atoms with Crippen LogP contribution in [0.3, 0.4) is 0 Å². The van der Waals surface area contributed by atoms with Crippen LogP contribution in [0.25, 0.3) is 11.5 Å². The Labute approximate surface area is 120 Å². The molecule has 3 aromatic rings. The van der Waals surface area contributed by atoms with Gasteiger partial charge in [0.1, 0.15) is 0 Å². The molecule has 4 rings (SSSR count). The lowest BCUT2D eigenvalue weighted by Gasteiger charge is -2.00. The van der Waals surface area contributed by atoms with E-state index in [0.29, 0.717) is 5.89 Å². The van der Waals surface area contributed by atoms with Crippen molar-refractivity contribution in [2.45, 2.75) is 12.8 Å². The molecule has 0 saturated carbocycles. The summed E-state index contributed by atoms with van der Waals surface area (Å²) in [5.41, 5.74) is 3.51. The van der Waals surface area contributed by atoms with Gasteiger partial charge in [-0.15, -0.1) is 11.3 Å². The van der Waals surface area contributed by atoms with Crippen LogP contribution in [0, 0.1) is 0 Å². The van der Waals surface area contributed by atoms with Crippen molar-refractivity contribution in [1.82, 2.24) is 10.1 Å². The van der Waals surface area contributed by atoms with E-state index in [9.17, 15) is 0 Å². The van der Waals surface area contributed by atoms with Gasteiger partial charge in [-0.05, 0) is 35.6 Å². The Hall–Kier alpha value is -2.14. The van der Waals surface area contributed by atoms with Crippen molar-refractivity contribution >= 4 is 17.0 Å². The van der Waals surface area contributed by atoms with Crippen LogP contribution in [0.1, 0.15) is 16.3 Å². The second-order valence-corrected chi connectivity index (χ2v) is 5.85. The Balaban J connectivity index is 1.61. The predicted molar refractivity (Wildman–Crippen MR) is 79.1 cm³/mol. The van der Waals surface area contributed by atoms with Crippen molar-refractivity contribution in [2.75, 3.05) is 11.9 Å². The first kappa shape index (κ1) is 11.7. The maximum absolute atomic E-state index is 5.37. The number of hydrogen-bond donors (Lipinski definition) is 1. The molecule has 1 aliphatic heterocycles. The summed E-state index contributed by atoms with van der Waals surface area (Å²) in [4.78, 5) is 5.73. The normalized spacial score (nSPS) is 13.2. The fourth-order valence-corrected chi connectivity index (χ4v) is 3.14. The van der Waals surface area contributed by atoms with E-state index in [2.05, 4.69) is 39.0 Å². The summed E-state index contributed by atoms with van der Waals surface area (Å²) < 4.78 is 5.37. The van der Waals surface area contributed by atoms with Crippen LogP contribution < -0.4 is 5.32 Å². The Kier molecular flexibility index (Phi) is 2.77. The summed E-state index contributed by atoms with van der Waals surface area (Å²) in [6.45, 7) is 1.01. The topological polar surface area (TPSA) is 51.0 Å². The molecule has 3 heterocycles. The number of nitrogens with zero attached hydrogens (tertiary/aromatic N) is 2. The second-order valence-electron chi connectivity index (χ2n) is 4.82. The Morgan fingerprint density at radius 3 is 3.20 bits per heavy atom. The predicted octanol–water partition coefficient (Wildman–Crippen LogP) is 3.36. The van der Waals surface area contributed by atoms with Crippen molar-refractivity contribution in [3.63, 3.8) is 0 Å². The molecule has 0 atom stereocenters. The van der Waals surface area contributed by atoms with Gasteiger partial charge in [0, 0.05) is 29.1 Å². The van der Waals surface area contributed by atoms with E-state index in [1.807, 2.05) is 12.1 Å². The van der Waals surface area contributed by atoms with Crippen molar-refractivity contribution < 1.29 is 4.52 Å². The number of rotatable bonds is 3. The van der Waals surface area contributed by atoms with Gasteiger partial charge in [0.15, 0.2) is 5.82 Å². The van der Waals surface area contributed by atoms with Gasteiger partial charge >= 0.3 is 0 Å². The molecule has 1 N–H and O–H groups in total. The zero-order valence-electron chi connectivity index (χ0n) is 10.8. The highest BCUT2D eigenvalue weighted by molar-refractivity contribution is 7.09. The average molecular weight is 283 g/mol. The lowest BCUT2D eigenvalue weighted by Crippen LogP contribution is -1.91. The number of nitrogens with one attached hydrogen (secondary N) is 1. The molecule has 0 spiro atoms. The molecule has 0 saturated heterocycles. The second kappa shape index (κ2) is 4.76. The fraction of sp³-hybridized carbons (Fsp3) is 0.200. The minimum absolute atomic E-state index is 0.591. The quantitative estimate of drug-likeness (QED) is 0.801. The molecule has 0 fully saturated rings. The van der Waals surface area contributed by atoms with Gasteiger partial charge < -0.3 is 9.84 Å². The van der Waals surface area contributed by atoms with Crippen LogP contribution in [0.15, 0.2) is 40.2 Å². The minimum Gasteiger partial charge on any atom is -0.384 e. The third-order valence-corrected chi connectivity index (χ3v) is 4.32. The standard InChI is InChI=1S/C15H13N3OS/c1-2-12(20-7-1)9-14-17-15(19-18-14)11-4-3-10-5-6-16-13(10)8-11/h1-4,7-8,16H,5-6,9H2. The Bertz CT molecular complexity index is 733. The molecular formula is C15H13N3OS. The molecule has 0 aliphatic carbocycles. The first-order valence-corrected chi connectivity index (χ1v) is 7.48. The SMILES string of the molecule is c1csc(Cc2noc(-c3ccc4c(c3)NCC4)n2)c1. The highest BCUT2D eigenvalue weighted by Gasteiger charge is 2.14. The van der Waals surface area contributed by atoms with E-state index in [4.69, 9.17) is 4.52 Å². The lowest BCUT2D eigenvalue weighted by atomic mass is 10.1. The van der Waals surface area contributed by atoms with Crippen molar-refractivity contribution in [3.8, 4) is 11.5 Å². The van der Waals surface area contributed by atoms with Gasteiger partial charge in [0.25, 0.3) is 5.89 Å². The summed E-state index contributed by atoms with van der Waals surface area (Å²) >= 11 is 1.71. The van der Waals surface area contributed by atoms with E-state index < -0.39 is 0 Å².